The Balaban J connectivity index is 2.09. The van der Waals surface area contributed by atoms with Crippen molar-refractivity contribution in [3.63, 3.8) is 0 Å². The number of aryl methyl sites for hydroxylation is 1. The Morgan fingerprint density at radius 1 is 1.13 bits per heavy atom. The van der Waals surface area contributed by atoms with Gasteiger partial charge in [0.1, 0.15) is 0 Å². The number of rotatable bonds is 13. The van der Waals surface area contributed by atoms with Crippen LogP contribution in [0.1, 0.15) is 46.2 Å². The molecular weight excluding hydrogens is 397 g/mol. The van der Waals surface area contributed by atoms with Crippen LogP contribution in [0.15, 0.2) is 18.2 Å². The molecule has 0 saturated carbocycles. The van der Waals surface area contributed by atoms with Gasteiger partial charge in [-0.25, -0.2) is 9.37 Å². The van der Waals surface area contributed by atoms with Gasteiger partial charge in [0.2, 0.25) is 5.95 Å². The Labute approximate surface area is 185 Å². The molecule has 2 N–H and O–H groups in total. The molecule has 0 atom stereocenters. The van der Waals surface area contributed by atoms with Crippen LogP contribution in [0.25, 0.3) is 0 Å². The molecule has 8 heteroatoms. The third-order valence-electron chi connectivity index (χ3n) is 4.73. The van der Waals surface area contributed by atoms with E-state index in [4.69, 9.17) is 9.47 Å². The van der Waals surface area contributed by atoms with Gasteiger partial charge in [-0.15, -0.1) is 0 Å². The van der Waals surface area contributed by atoms with Crippen molar-refractivity contribution < 1.29 is 13.9 Å². The zero-order valence-corrected chi connectivity index (χ0v) is 19.6. The summed E-state index contributed by atoms with van der Waals surface area (Å²) in [6, 6.07) is 5.58. The number of halogens is 1. The SMILES string of the molecule is CCCN(CC)CCCOc1cc(Nc2nc(C)c(F)c(NC(C)C)n2)ccc1OC. The van der Waals surface area contributed by atoms with E-state index in [1.54, 1.807) is 14.0 Å². The molecule has 0 amide bonds. The first kappa shape index (κ1) is 24.7. The van der Waals surface area contributed by atoms with Crippen molar-refractivity contribution in [3.05, 3.63) is 29.7 Å². The minimum atomic E-state index is -0.442. The van der Waals surface area contributed by atoms with Crippen molar-refractivity contribution in [1.82, 2.24) is 14.9 Å². The monoisotopic (exact) mass is 433 g/mol. The van der Waals surface area contributed by atoms with Crippen LogP contribution in [-0.4, -0.2) is 54.3 Å². The van der Waals surface area contributed by atoms with Crippen LogP contribution < -0.4 is 20.1 Å². The lowest BCUT2D eigenvalue weighted by molar-refractivity contribution is 0.236. The Morgan fingerprint density at radius 2 is 1.90 bits per heavy atom. The number of hydrogen-bond donors (Lipinski definition) is 2. The summed E-state index contributed by atoms with van der Waals surface area (Å²) < 4.78 is 25.7. The number of ether oxygens (including phenoxy) is 2. The van der Waals surface area contributed by atoms with Gasteiger partial charge in [-0.3, -0.25) is 0 Å². The second kappa shape index (κ2) is 12.3. The van der Waals surface area contributed by atoms with Crippen molar-refractivity contribution in [3.8, 4) is 11.5 Å². The van der Waals surface area contributed by atoms with Gasteiger partial charge >= 0.3 is 0 Å². The summed E-state index contributed by atoms with van der Waals surface area (Å²) >= 11 is 0. The largest absolute Gasteiger partial charge is 0.493 e. The van der Waals surface area contributed by atoms with Gasteiger partial charge in [-0.1, -0.05) is 13.8 Å². The maximum Gasteiger partial charge on any atom is 0.229 e. The number of methoxy groups -OCH3 is 1. The molecule has 0 unspecified atom stereocenters. The average molecular weight is 434 g/mol. The summed E-state index contributed by atoms with van der Waals surface area (Å²) in [6.45, 7) is 13.6. The summed E-state index contributed by atoms with van der Waals surface area (Å²) in [6.07, 6.45) is 2.08. The number of anilines is 3. The van der Waals surface area contributed by atoms with Crippen LogP contribution in [-0.2, 0) is 0 Å². The highest BCUT2D eigenvalue weighted by Gasteiger charge is 2.13. The van der Waals surface area contributed by atoms with Crippen molar-refractivity contribution in [1.29, 1.82) is 0 Å². The van der Waals surface area contributed by atoms with E-state index < -0.39 is 5.82 Å². The molecule has 1 aromatic carbocycles. The van der Waals surface area contributed by atoms with Gasteiger partial charge in [-0.2, -0.15) is 4.98 Å². The molecule has 0 aliphatic rings. The molecule has 7 nitrogen and oxygen atoms in total. The second-order valence-electron chi connectivity index (χ2n) is 7.72. The zero-order chi connectivity index (χ0) is 22.8. The fourth-order valence-corrected chi connectivity index (χ4v) is 3.20. The number of nitrogens with zero attached hydrogens (tertiary/aromatic N) is 3. The van der Waals surface area contributed by atoms with E-state index in [0.29, 0.717) is 24.1 Å². The van der Waals surface area contributed by atoms with E-state index in [-0.39, 0.29) is 17.6 Å². The summed E-state index contributed by atoms with van der Waals surface area (Å²) in [5, 5.41) is 6.15. The van der Waals surface area contributed by atoms with Crippen molar-refractivity contribution in [2.45, 2.75) is 53.5 Å². The normalized spacial score (nSPS) is 11.1. The predicted molar refractivity (Wildman–Crippen MR) is 124 cm³/mol. The first-order valence-electron chi connectivity index (χ1n) is 11.0. The Kier molecular flexibility index (Phi) is 9.78. The van der Waals surface area contributed by atoms with Crippen LogP contribution >= 0.6 is 0 Å². The lowest BCUT2D eigenvalue weighted by Crippen LogP contribution is -2.26. The third kappa shape index (κ3) is 7.54. The molecule has 0 aliphatic carbocycles. The molecule has 1 heterocycles. The zero-order valence-electron chi connectivity index (χ0n) is 19.6. The fourth-order valence-electron chi connectivity index (χ4n) is 3.20. The fraction of sp³-hybridized carbons (Fsp3) is 0.565. The Hall–Kier alpha value is -2.61. The summed E-state index contributed by atoms with van der Waals surface area (Å²) in [5.41, 5.74) is 1.01. The van der Waals surface area contributed by atoms with Gasteiger partial charge in [0, 0.05) is 24.3 Å². The van der Waals surface area contributed by atoms with Crippen LogP contribution in [0.2, 0.25) is 0 Å². The van der Waals surface area contributed by atoms with Gasteiger partial charge in [-0.05, 0) is 58.8 Å². The van der Waals surface area contributed by atoms with E-state index in [2.05, 4.69) is 39.3 Å². The maximum absolute atomic E-state index is 14.3. The summed E-state index contributed by atoms with van der Waals surface area (Å²) in [7, 11) is 1.62. The van der Waals surface area contributed by atoms with Crippen LogP contribution in [0.4, 0.5) is 21.8 Å². The average Bonchev–Trinajstić information content (AvgIpc) is 2.73. The number of aromatic nitrogens is 2. The standard InChI is InChI=1S/C23H36FN5O2/c1-7-12-29(8-2)13-9-14-31-20-15-18(10-11-19(20)30-6)27-23-26-17(5)21(24)22(28-23)25-16(3)4/h10-11,15-16H,7-9,12-14H2,1-6H3,(H2,25,26,27,28). The Morgan fingerprint density at radius 3 is 2.55 bits per heavy atom. The molecular formula is C23H36FN5O2. The van der Waals surface area contributed by atoms with E-state index >= 15 is 0 Å². The smallest absolute Gasteiger partial charge is 0.229 e. The second-order valence-corrected chi connectivity index (χ2v) is 7.72. The van der Waals surface area contributed by atoms with Crippen molar-refractivity contribution in [2.24, 2.45) is 0 Å². The highest BCUT2D eigenvalue weighted by molar-refractivity contribution is 5.61. The van der Waals surface area contributed by atoms with Gasteiger partial charge < -0.3 is 25.0 Å². The predicted octanol–water partition coefficient (Wildman–Crippen LogP) is 5.00. The topological polar surface area (TPSA) is 71.5 Å². The van der Waals surface area contributed by atoms with Crippen LogP contribution in [0, 0.1) is 12.7 Å². The molecule has 1 aromatic heterocycles. The highest BCUT2D eigenvalue weighted by Crippen LogP contribution is 2.31. The van der Waals surface area contributed by atoms with E-state index in [1.165, 1.54) is 0 Å². The molecule has 0 aliphatic heterocycles. The number of hydrogen-bond acceptors (Lipinski definition) is 7. The summed E-state index contributed by atoms with van der Waals surface area (Å²) in [4.78, 5) is 10.9. The van der Waals surface area contributed by atoms with Crippen molar-refractivity contribution in [2.75, 3.05) is 44.0 Å². The summed E-state index contributed by atoms with van der Waals surface area (Å²) in [5.74, 6) is 1.36. The molecule has 0 radical (unpaired) electrons. The van der Waals surface area contributed by atoms with E-state index in [9.17, 15) is 4.39 Å². The van der Waals surface area contributed by atoms with Crippen LogP contribution in [0.5, 0.6) is 11.5 Å². The van der Waals surface area contributed by atoms with E-state index in [0.717, 1.165) is 38.2 Å². The lowest BCUT2D eigenvalue weighted by atomic mass is 10.2. The van der Waals surface area contributed by atoms with Crippen LogP contribution in [0.3, 0.4) is 0 Å². The van der Waals surface area contributed by atoms with E-state index in [1.807, 2.05) is 32.0 Å². The lowest BCUT2D eigenvalue weighted by Gasteiger charge is -2.19. The molecule has 172 valence electrons. The molecule has 0 spiro atoms. The molecule has 0 fully saturated rings. The quantitative estimate of drug-likeness (QED) is 0.431. The number of benzene rings is 1. The minimum absolute atomic E-state index is 0.0543. The Bertz CT molecular complexity index is 832. The molecule has 0 saturated heterocycles. The first-order chi connectivity index (χ1) is 14.9. The van der Waals surface area contributed by atoms with Gasteiger partial charge in [0.05, 0.1) is 19.4 Å². The molecule has 31 heavy (non-hydrogen) atoms. The van der Waals surface area contributed by atoms with Gasteiger partial charge in [0.15, 0.2) is 23.1 Å². The minimum Gasteiger partial charge on any atom is -0.493 e. The molecule has 2 aromatic rings. The molecule has 2 rings (SSSR count). The third-order valence-corrected chi connectivity index (χ3v) is 4.73. The first-order valence-corrected chi connectivity index (χ1v) is 11.0. The highest BCUT2D eigenvalue weighted by atomic mass is 19.1. The van der Waals surface area contributed by atoms with Gasteiger partial charge in [0.25, 0.3) is 0 Å². The number of nitrogens with one attached hydrogen (secondary N) is 2. The van der Waals surface area contributed by atoms with Crippen molar-refractivity contribution >= 4 is 17.5 Å². The maximum atomic E-state index is 14.3. The molecule has 0 bridgehead atoms.